The summed E-state index contributed by atoms with van der Waals surface area (Å²) >= 11 is 0. The Kier molecular flexibility index (Phi) is 8.98. The molecule has 1 fully saturated rings. The molecule has 2 atom stereocenters. The van der Waals surface area contributed by atoms with Gasteiger partial charge in [-0.25, -0.2) is 18.6 Å². The van der Waals surface area contributed by atoms with Gasteiger partial charge < -0.3 is 29.0 Å². The van der Waals surface area contributed by atoms with E-state index in [1.165, 1.54) is 36.8 Å². The lowest BCUT2D eigenvalue weighted by Crippen LogP contribution is -2.53. The Balaban J connectivity index is 1.46. The van der Waals surface area contributed by atoms with Crippen LogP contribution in [0.3, 0.4) is 0 Å². The summed E-state index contributed by atoms with van der Waals surface area (Å²) in [6, 6.07) is 0.131. The first-order valence-corrected chi connectivity index (χ1v) is 14.1. The summed E-state index contributed by atoms with van der Waals surface area (Å²) in [4.78, 5) is 42.9. The molecule has 1 saturated heterocycles. The minimum atomic E-state index is -4.92. The molecule has 0 aliphatic carbocycles. The Morgan fingerprint density at radius 1 is 1.10 bits per heavy atom. The van der Waals surface area contributed by atoms with Gasteiger partial charge in [-0.1, -0.05) is 0 Å². The number of carbonyl (C=O) groups is 2. The number of ether oxygens (including phenoxy) is 1. The summed E-state index contributed by atoms with van der Waals surface area (Å²) in [5.74, 6) is -6.30. The van der Waals surface area contributed by atoms with Crippen molar-refractivity contribution >= 4 is 23.2 Å². The number of anilines is 1. The Morgan fingerprint density at radius 3 is 2.38 bits per heavy atom. The van der Waals surface area contributed by atoms with Crippen molar-refractivity contribution in [2.75, 3.05) is 24.7 Å². The zero-order valence-corrected chi connectivity index (χ0v) is 24.9. The average molecular weight is 688 g/mol. The molecule has 4 aromatic rings. The summed E-state index contributed by atoms with van der Waals surface area (Å²) in [6.45, 7) is 0.0296. The van der Waals surface area contributed by atoms with Crippen LogP contribution in [-0.2, 0) is 29.2 Å². The van der Waals surface area contributed by atoms with Crippen LogP contribution in [0.15, 0.2) is 47.5 Å². The number of nitrogens with one attached hydrogen (secondary N) is 1. The van der Waals surface area contributed by atoms with Crippen molar-refractivity contribution in [2.45, 2.75) is 37.8 Å². The van der Waals surface area contributed by atoms with Gasteiger partial charge in [-0.2, -0.15) is 26.3 Å². The number of morpholine rings is 1. The predicted octanol–water partition coefficient (Wildman–Crippen LogP) is 4.50. The Hall–Kier alpha value is -5.00. The van der Waals surface area contributed by atoms with Gasteiger partial charge in [-0.05, 0) is 37.3 Å². The number of pyridine rings is 2. The van der Waals surface area contributed by atoms with Crippen LogP contribution in [0.1, 0.15) is 27.3 Å². The predicted molar refractivity (Wildman–Crippen MR) is 153 cm³/mol. The van der Waals surface area contributed by atoms with Crippen LogP contribution in [0.4, 0.5) is 40.8 Å². The van der Waals surface area contributed by atoms with Crippen molar-refractivity contribution in [1.82, 2.24) is 19.3 Å². The van der Waals surface area contributed by atoms with Crippen molar-refractivity contribution in [3.8, 4) is 11.1 Å². The second-order valence-corrected chi connectivity index (χ2v) is 11.0. The number of benzene rings is 1. The Labute approximate surface area is 265 Å². The molecule has 1 aliphatic rings. The SMILES string of the molecule is Cc1cc(C(F)(F)F)c(-c2ccc(CC(NC(=O)c3c(F)cc(N4CCOC[C@@H]4C(F)(F)F)cc3F)C(=O)O)n3ccnc23)c(=O)n1C. The standard InChI is InChI=1S/C30H25F8N5O5/c1-14-9-18(29(33,34)35)23(27(45)41(14)2)17-4-3-15(43-6-5-39-25(17)43)12-21(28(46)47)40-26(44)24-19(31)10-16(11-20(24)32)42-7-8-48-13-22(42)30(36,37)38/h3-6,9-11,21-22H,7-8,12-13H2,1-2H3,(H,40,44)(H,46,47)/t21?,22-/m1/s1. The van der Waals surface area contributed by atoms with Crippen LogP contribution in [-0.4, -0.2) is 69.0 Å². The third-order valence-corrected chi connectivity index (χ3v) is 7.99. The summed E-state index contributed by atoms with van der Waals surface area (Å²) in [7, 11) is 1.29. The molecule has 3 aromatic heterocycles. The first kappa shape index (κ1) is 34.3. The third-order valence-electron chi connectivity index (χ3n) is 7.99. The lowest BCUT2D eigenvalue weighted by atomic mass is 9.99. The molecule has 0 bridgehead atoms. The normalized spacial score (nSPS) is 16.3. The van der Waals surface area contributed by atoms with Crippen LogP contribution >= 0.6 is 0 Å². The zero-order chi connectivity index (χ0) is 35.3. The molecule has 48 heavy (non-hydrogen) atoms. The molecule has 0 saturated carbocycles. The zero-order valence-electron chi connectivity index (χ0n) is 24.9. The van der Waals surface area contributed by atoms with E-state index in [9.17, 15) is 45.8 Å². The monoisotopic (exact) mass is 687 g/mol. The van der Waals surface area contributed by atoms with E-state index in [0.717, 1.165) is 16.7 Å². The van der Waals surface area contributed by atoms with Gasteiger partial charge in [0.15, 0.2) is 0 Å². The maximum atomic E-state index is 15.1. The highest BCUT2D eigenvalue weighted by Crippen LogP contribution is 2.37. The summed E-state index contributed by atoms with van der Waals surface area (Å²) in [6.07, 6.45) is -7.83. The number of alkyl halides is 6. The summed E-state index contributed by atoms with van der Waals surface area (Å²) < 4.78 is 120. The first-order chi connectivity index (χ1) is 22.4. The fourth-order valence-electron chi connectivity index (χ4n) is 5.50. The van der Waals surface area contributed by atoms with Crippen molar-refractivity contribution in [1.29, 1.82) is 0 Å². The minimum Gasteiger partial charge on any atom is -0.480 e. The minimum absolute atomic E-state index is 0.0428. The van der Waals surface area contributed by atoms with Gasteiger partial charge in [-0.15, -0.1) is 0 Å². The van der Waals surface area contributed by atoms with E-state index in [4.69, 9.17) is 4.74 Å². The maximum absolute atomic E-state index is 15.1. The highest BCUT2D eigenvalue weighted by Gasteiger charge is 2.46. The van der Waals surface area contributed by atoms with Crippen LogP contribution < -0.4 is 15.8 Å². The largest absolute Gasteiger partial charge is 0.480 e. The average Bonchev–Trinajstić information content (AvgIpc) is 3.49. The van der Waals surface area contributed by atoms with Crippen molar-refractivity contribution in [2.24, 2.45) is 7.05 Å². The number of aryl methyl sites for hydroxylation is 1. The van der Waals surface area contributed by atoms with Gasteiger partial charge in [0.25, 0.3) is 11.5 Å². The molecule has 0 radical (unpaired) electrons. The molecule has 1 unspecified atom stereocenters. The Bertz CT molecular complexity index is 1950. The molecule has 1 aromatic carbocycles. The van der Waals surface area contributed by atoms with Gasteiger partial charge in [0, 0.05) is 55.0 Å². The number of nitrogens with zero attached hydrogens (tertiary/aromatic N) is 4. The fraction of sp³-hybridized carbons (Fsp3) is 0.333. The maximum Gasteiger partial charge on any atom is 0.417 e. The fourth-order valence-corrected chi connectivity index (χ4v) is 5.50. The number of halogens is 8. The molecule has 4 heterocycles. The quantitative estimate of drug-likeness (QED) is 0.275. The van der Waals surface area contributed by atoms with Gasteiger partial charge in [-0.3, -0.25) is 9.59 Å². The molecule has 2 N–H and O–H groups in total. The van der Waals surface area contributed by atoms with E-state index in [-0.39, 0.29) is 35.8 Å². The van der Waals surface area contributed by atoms with E-state index in [0.29, 0.717) is 17.0 Å². The number of aromatic nitrogens is 3. The number of amides is 1. The molecule has 5 rings (SSSR count). The van der Waals surface area contributed by atoms with Crippen molar-refractivity contribution < 1.29 is 54.6 Å². The van der Waals surface area contributed by atoms with Gasteiger partial charge >= 0.3 is 18.3 Å². The molecule has 1 aliphatic heterocycles. The van der Waals surface area contributed by atoms with Crippen LogP contribution in [0.5, 0.6) is 0 Å². The van der Waals surface area contributed by atoms with Crippen molar-refractivity contribution in [3.63, 3.8) is 0 Å². The smallest absolute Gasteiger partial charge is 0.417 e. The summed E-state index contributed by atoms with van der Waals surface area (Å²) in [5, 5.41) is 11.8. The van der Waals surface area contributed by atoms with E-state index in [2.05, 4.69) is 4.98 Å². The number of carboxylic acids is 1. The molecule has 10 nitrogen and oxygen atoms in total. The highest BCUT2D eigenvalue weighted by molar-refractivity contribution is 5.97. The molecule has 18 heteroatoms. The van der Waals surface area contributed by atoms with E-state index in [1.54, 1.807) is 0 Å². The number of imidazole rings is 1. The van der Waals surface area contributed by atoms with Crippen LogP contribution in [0.25, 0.3) is 16.8 Å². The lowest BCUT2D eigenvalue weighted by molar-refractivity contribution is -0.167. The van der Waals surface area contributed by atoms with E-state index >= 15 is 8.78 Å². The number of aliphatic carboxylic acids is 1. The number of carboxylic acid groups (broad SMARTS) is 1. The molecule has 256 valence electrons. The third kappa shape index (κ3) is 6.43. The van der Waals surface area contributed by atoms with Crippen molar-refractivity contribution in [3.05, 3.63) is 87.2 Å². The van der Waals surface area contributed by atoms with E-state index in [1.807, 2.05) is 5.32 Å². The number of carbonyl (C=O) groups excluding carboxylic acids is 1. The number of hydrogen-bond donors (Lipinski definition) is 2. The number of fused-ring (bicyclic) bond motifs is 1. The van der Waals surface area contributed by atoms with Crippen LogP contribution in [0.2, 0.25) is 0 Å². The number of hydrogen-bond acceptors (Lipinski definition) is 6. The highest BCUT2D eigenvalue weighted by atomic mass is 19.4. The molecule has 0 spiro atoms. The lowest BCUT2D eigenvalue weighted by Gasteiger charge is -2.38. The van der Waals surface area contributed by atoms with Gasteiger partial charge in [0.05, 0.1) is 24.3 Å². The topological polar surface area (TPSA) is 118 Å². The van der Waals surface area contributed by atoms with Crippen LogP contribution in [0, 0.1) is 18.6 Å². The first-order valence-electron chi connectivity index (χ1n) is 14.1. The molecular weight excluding hydrogens is 662 g/mol. The second kappa shape index (κ2) is 12.6. The Morgan fingerprint density at radius 2 is 1.77 bits per heavy atom. The van der Waals surface area contributed by atoms with Gasteiger partial charge in [0.2, 0.25) is 0 Å². The van der Waals surface area contributed by atoms with Gasteiger partial charge in [0.1, 0.15) is 34.9 Å². The molecular formula is C30H25F8N5O5. The summed E-state index contributed by atoms with van der Waals surface area (Å²) in [5.41, 5.74) is -4.90. The second-order valence-electron chi connectivity index (χ2n) is 11.0. The van der Waals surface area contributed by atoms with E-state index < -0.39 is 88.9 Å². The molecule has 1 amide bonds. The number of rotatable bonds is 7.